The lowest BCUT2D eigenvalue weighted by molar-refractivity contribution is 0.540. The van der Waals surface area contributed by atoms with Crippen LogP contribution in [0.4, 0.5) is 0 Å². The molecule has 1 aromatic heterocycles. The third-order valence-electron chi connectivity index (χ3n) is 3.32. The van der Waals surface area contributed by atoms with Crippen LogP contribution in [0.5, 0.6) is 0 Å². The zero-order valence-corrected chi connectivity index (χ0v) is 13.0. The van der Waals surface area contributed by atoms with Crippen LogP contribution >= 0.6 is 15.9 Å². The zero-order chi connectivity index (χ0) is 14.0. The van der Waals surface area contributed by atoms with Crippen LogP contribution in [0.25, 0.3) is 0 Å². The first-order valence-electron chi connectivity index (χ1n) is 6.33. The van der Waals surface area contributed by atoms with E-state index in [0.29, 0.717) is 0 Å². The zero-order valence-electron chi connectivity index (χ0n) is 11.4. The number of hydrogen-bond acceptors (Lipinski definition) is 3. The molecule has 0 amide bonds. The highest BCUT2D eigenvalue weighted by molar-refractivity contribution is 9.10. The molecule has 1 unspecified atom stereocenters. The van der Waals surface area contributed by atoms with Crippen LogP contribution in [0.3, 0.4) is 0 Å². The molecule has 19 heavy (non-hydrogen) atoms. The van der Waals surface area contributed by atoms with Crippen LogP contribution in [0.1, 0.15) is 35.3 Å². The second-order valence-corrected chi connectivity index (χ2v) is 5.51. The van der Waals surface area contributed by atoms with Crippen molar-refractivity contribution in [2.45, 2.75) is 33.4 Å². The summed E-state index contributed by atoms with van der Waals surface area (Å²) in [5, 5.41) is 4.35. The average Bonchev–Trinajstić information content (AvgIpc) is 2.76. The molecule has 1 aromatic carbocycles. The summed E-state index contributed by atoms with van der Waals surface area (Å²) in [5.41, 5.74) is 7.58. The summed E-state index contributed by atoms with van der Waals surface area (Å²) >= 11 is 3.56. The van der Waals surface area contributed by atoms with E-state index in [1.165, 1.54) is 16.7 Å². The summed E-state index contributed by atoms with van der Waals surface area (Å²) in [6, 6.07) is 6.32. The smallest absolute Gasteiger partial charge is 0.0892 e. The van der Waals surface area contributed by atoms with Crippen LogP contribution < -0.4 is 11.3 Å². The number of benzene rings is 1. The van der Waals surface area contributed by atoms with E-state index < -0.39 is 0 Å². The minimum absolute atomic E-state index is 0.0725. The van der Waals surface area contributed by atoms with E-state index in [2.05, 4.69) is 65.4 Å². The summed E-state index contributed by atoms with van der Waals surface area (Å²) < 4.78 is 2.93. The van der Waals surface area contributed by atoms with Crippen molar-refractivity contribution >= 4 is 15.9 Å². The van der Waals surface area contributed by atoms with Gasteiger partial charge in [-0.25, -0.2) is 5.43 Å². The van der Waals surface area contributed by atoms with E-state index in [-0.39, 0.29) is 6.04 Å². The van der Waals surface area contributed by atoms with Crippen LogP contribution in [0, 0.1) is 13.8 Å². The number of aryl methyl sites for hydroxylation is 3. The Morgan fingerprint density at radius 3 is 2.79 bits per heavy atom. The van der Waals surface area contributed by atoms with Crippen molar-refractivity contribution in [3.05, 3.63) is 51.3 Å². The van der Waals surface area contributed by atoms with Crippen molar-refractivity contribution < 1.29 is 0 Å². The Kier molecular flexibility index (Phi) is 4.39. The number of rotatable bonds is 4. The van der Waals surface area contributed by atoms with Gasteiger partial charge in [0, 0.05) is 6.54 Å². The van der Waals surface area contributed by atoms with Crippen molar-refractivity contribution in [1.82, 2.24) is 15.2 Å². The minimum Gasteiger partial charge on any atom is -0.271 e. The van der Waals surface area contributed by atoms with Gasteiger partial charge in [-0.2, -0.15) is 5.10 Å². The first-order chi connectivity index (χ1) is 9.08. The van der Waals surface area contributed by atoms with Gasteiger partial charge in [-0.05, 0) is 47.8 Å². The van der Waals surface area contributed by atoms with Crippen molar-refractivity contribution in [3.63, 3.8) is 0 Å². The number of nitrogens with zero attached hydrogens (tertiary/aromatic N) is 2. The molecule has 1 heterocycles. The van der Waals surface area contributed by atoms with Crippen molar-refractivity contribution in [2.24, 2.45) is 5.84 Å². The molecule has 0 aliphatic rings. The topological polar surface area (TPSA) is 55.9 Å². The molecule has 0 saturated heterocycles. The van der Waals surface area contributed by atoms with Gasteiger partial charge in [0.1, 0.15) is 0 Å². The Balaban J connectivity index is 2.56. The molecule has 0 fully saturated rings. The first-order valence-corrected chi connectivity index (χ1v) is 7.12. The van der Waals surface area contributed by atoms with Gasteiger partial charge in [0.25, 0.3) is 0 Å². The van der Waals surface area contributed by atoms with Gasteiger partial charge in [-0.1, -0.05) is 23.8 Å². The second-order valence-electron chi connectivity index (χ2n) is 4.65. The molecule has 2 aromatic rings. The fourth-order valence-corrected chi connectivity index (χ4v) is 2.82. The van der Waals surface area contributed by atoms with E-state index in [9.17, 15) is 0 Å². The van der Waals surface area contributed by atoms with Crippen LogP contribution in [0.2, 0.25) is 0 Å². The molecule has 0 aliphatic heterocycles. The van der Waals surface area contributed by atoms with Crippen molar-refractivity contribution in [2.75, 3.05) is 0 Å². The Labute approximate surface area is 122 Å². The summed E-state index contributed by atoms with van der Waals surface area (Å²) in [6.45, 7) is 7.06. The van der Waals surface area contributed by atoms with E-state index in [0.717, 1.165) is 16.7 Å². The number of aromatic nitrogens is 2. The second kappa shape index (κ2) is 5.86. The van der Waals surface area contributed by atoms with Gasteiger partial charge >= 0.3 is 0 Å². The summed E-state index contributed by atoms with van der Waals surface area (Å²) in [5.74, 6) is 5.80. The van der Waals surface area contributed by atoms with E-state index in [4.69, 9.17) is 5.84 Å². The van der Waals surface area contributed by atoms with Gasteiger partial charge < -0.3 is 0 Å². The SMILES string of the molecule is CCn1ncc(Br)c1C(NN)c1cc(C)ccc1C. The molecule has 0 saturated carbocycles. The number of nitrogens with two attached hydrogens (primary N) is 1. The number of nitrogens with one attached hydrogen (secondary N) is 1. The molecule has 5 heteroatoms. The Morgan fingerprint density at radius 2 is 2.16 bits per heavy atom. The Morgan fingerprint density at radius 1 is 1.42 bits per heavy atom. The minimum atomic E-state index is -0.0725. The highest BCUT2D eigenvalue weighted by Gasteiger charge is 2.21. The standard InChI is InChI=1S/C14H19BrN4/c1-4-19-14(12(15)8-17-19)13(18-16)11-7-9(2)5-6-10(11)3/h5-8,13,18H,4,16H2,1-3H3. The Bertz CT molecular complexity index is 577. The molecule has 0 spiro atoms. The molecule has 102 valence electrons. The average molecular weight is 323 g/mol. The monoisotopic (exact) mass is 322 g/mol. The fraction of sp³-hybridized carbons (Fsp3) is 0.357. The van der Waals surface area contributed by atoms with Gasteiger partial charge in [0.15, 0.2) is 0 Å². The van der Waals surface area contributed by atoms with Gasteiger partial charge in [0.05, 0.1) is 22.4 Å². The molecular weight excluding hydrogens is 304 g/mol. The number of hydrazine groups is 1. The first kappa shape index (κ1) is 14.2. The van der Waals surface area contributed by atoms with E-state index in [1.54, 1.807) is 0 Å². The summed E-state index contributed by atoms with van der Waals surface area (Å²) in [6.07, 6.45) is 1.81. The third-order valence-corrected chi connectivity index (χ3v) is 3.93. The van der Waals surface area contributed by atoms with Crippen molar-refractivity contribution in [3.8, 4) is 0 Å². The molecule has 2 rings (SSSR count). The molecule has 4 nitrogen and oxygen atoms in total. The largest absolute Gasteiger partial charge is 0.271 e. The molecule has 1 atom stereocenters. The van der Waals surface area contributed by atoms with Gasteiger partial charge in [-0.3, -0.25) is 10.5 Å². The predicted octanol–water partition coefficient (Wildman–Crippen LogP) is 2.84. The number of hydrogen-bond donors (Lipinski definition) is 2. The lowest BCUT2D eigenvalue weighted by Crippen LogP contribution is -2.31. The van der Waals surface area contributed by atoms with E-state index >= 15 is 0 Å². The highest BCUT2D eigenvalue weighted by atomic mass is 79.9. The molecule has 3 N–H and O–H groups in total. The third kappa shape index (κ3) is 2.73. The van der Waals surface area contributed by atoms with Gasteiger partial charge in [-0.15, -0.1) is 0 Å². The maximum absolute atomic E-state index is 5.80. The normalized spacial score (nSPS) is 12.7. The van der Waals surface area contributed by atoms with Crippen molar-refractivity contribution in [1.29, 1.82) is 0 Å². The fourth-order valence-electron chi connectivity index (χ4n) is 2.30. The van der Waals surface area contributed by atoms with E-state index in [1.807, 2.05) is 10.9 Å². The maximum atomic E-state index is 5.80. The van der Waals surface area contributed by atoms with Crippen LogP contribution in [-0.2, 0) is 6.54 Å². The predicted molar refractivity (Wildman–Crippen MR) is 80.7 cm³/mol. The lowest BCUT2D eigenvalue weighted by atomic mass is 9.97. The maximum Gasteiger partial charge on any atom is 0.0892 e. The molecule has 0 radical (unpaired) electrons. The summed E-state index contributed by atoms with van der Waals surface area (Å²) in [7, 11) is 0. The van der Waals surface area contributed by atoms with Crippen LogP contribution in [-0.4, -0.2) is 9.78 Å². The highest BCUT2D eigenvalue weighted by Crippen LogP contribution is 2.30. The quantitative estimate of drug-likeness (QED) is 0.672. The molecule has 0 bridgehead atoms. The summed E-state index contributed by atoms with van der Waals surface area (Å²) in [4.78, 5) is 0. The van der Waals surface area contributed by atoms with Gasteiger partial charge in [0.2, 0.25) is 0 Å². The van der Waals surface area contributed by atoms with Crippen LogP contribution in [0.15, 0.2) is 28.9 Å². The number of halogens is 1. The Hall–Kier alpha value is -1.17. The lowest BCUT2D eigenvalue weighted by Gasteiger charge is -2.21. The molecular formula is C14H19BrN4. The molecule has 0 aliphatic carbocycles.